The van der Waals surface area contributed by atoms with E-state index in [1.165, 1.54) is 31.2 Å². The Balaban J connectivity index is 3.08. The third kappa shape index (κ3) is 1.78. The first-order chi connectivity index (χ1) is 5.94. The van der Waals surface area contributed by atoms with Crippen LogP contribution in [-0.2, 0) is 10.4 Å². The van der Waals surface area contributed by atoms with Crippen molar-refractivity contribution >= 4 is 5.91 Å². The summed E-state index contributed by atoms with van der Waals surface area (Å²) in [6.45, 7) is 1.31. The number of primary amides is 1. The van der Waals surface area contributed by atoms with Gasteiger partial charge < -0.3 is 15.9 Å². The maximum Gasteiger partial charge on any atom is 0.253 e. The number of hydrogen-bond donors (Lipinski definition) is 3. The highest BCUT2D eigenvalue weighted by atomic mass is 16.3. The third-order valence-corrected chi connectivity index (χ3v) is 1.91. The van der Waals surface area contributed by atoms with E-state index in [1.54, 1.807) is 0 Å². The maximum atomic E-state index is 10.8. The van der Waals surface area contributed by atoms with Crippen LogP contribution in [0.2, 0.25) is 0 Å². The highest BCUT2D eigenvalue weighted by Gasteiger charge is 2.29. The summed E-state index contributed by atoms with van der Waals surface area (Å²) in [5.74, 6) is -0.748. The number of aromatic hydroxyl groups is 1. The smallest absolute Gasteiger partial charge is 0.253 e. The molecule has 1 unspecified atom stereocenters. The summed E-state index contributed by atoms with van der Waals surface area (Å²) in [5, 5.41) is 18.6. The van der Waals surface area contributed by atoms with Gasteiger partial charge in [-0.3, -0.25) is 4.79 Å². The van der Waals surface area contributed by atoms with Crippen molar-refractivity contribution < 1.29 is 15.0 Å². The van der Waals surface area contributed by atoms with E-state index < -0.39 is 11.5 Å². The van der Waals surface area contributed by atoms with Crippen molar-refractivity contribution in [3.63, 3.8) is 0 Å². The molecule has 4 N–H and O–H groups in total. The van der Waals surface area contributed by atoms with Crippen molar-refractivity contribution in [1.82, 2.24) is 0 Å². The fourth-order valence-corrected chi connectivity index (χ4v) is 0.928. The molecule has 0 radical (unpaired) electrons. The quantitative estimate of drug-likeness (QED) is 0.604. The molecule has 0 aliphatic carbocycles. The summed E-state index contributed by atoms with van der Waals surface area (Å²) in [4.78, 5) is 10.8. The molecule has 1 aromatic rings. The SMILES string of the molecule is CC(O)(C(N)=O)c1ccc(O)cc1. The molecule has 70 valence electrons. The summed E-state index contributed by atoms with van der Waals surface area (Å²) in [6, 6.07) is 5.65. The van der Waals surface area contributed by atoms with E-state index >= 15 is 0 Å². The van der Waals surface area contributed by atoms with Gasteiger partial charge in [0.25, 0.3) is 5.91 Å². The molecule has 0 spiro atoms. The average molecular weight is 181 g/mol. The molecule has 0 saturated heterocycles. The van der Waals surface area contributed by atoms with Gasteiger partial charge in [-0.25, -0.2) is 0 Å². The van der Waals surface area contributed by atoms with Crippen LogP contribution < -0.4 is 5.73 Å². The number of benzene rings is 1. The standard InChI is InChI=1S/C9H11NO3/c1-9(13,8(10)12)6-2-4-7(11)5-3-6/h2-5,11,13H,1H3,(H2,10,12). The molecule has 1 atom stereocenters. The minimum absolute atomic E-state index is 0.0732. The molecule has 1 rings (SSSR count). The number of hydrogen-bond acceptors (Lipinski definition) is 3. The van der Waals surface area contributed by atoms with Gasteiger partial charge in [-0.2, -0.15) is 0 Å². The summed E-state index contributed by atoms with van der Waals surface area (Å²) < 4.78 is 0. The summed E-state index contributed by atoms with van der Waals surface area (Å²) in [5.41, 5.74) is 3.66. The molecular weight excluding hydrogens is 170 g/mol. The van der Waals surface area contributed by atoms with Gasteiger partial charge in [-0.05, 0) is 24.6 Å². The lowest BCUT2D eigenvalue weighted by atomic mass is 9.95. The molecule has 1 amide bonds. The largest absolute Gasteiger partial charge is 0.508 e. The van der Waals surface area contributed by atoms with Crippen LogP contribution in [0.1, 0.15) is 12.5 Å². The highest BCUT2D eigenvalue weighted by molar-refractivity contribution is 5.84. The minimum Gasteiger partial charge on any atom is -0.508 e. The zero-order chi connectivity index (χ0) is 10.1. The van der Waals surface area contributed by atoms with Gasteiger partial charge in [0.05, 0.1) is 0 Å². The molecule has 13 heavy (non-hydrogen) atoms. The first kappa shape index (κ1) is 9.54. The van der Waals surface area contributed by atoms with E-state index in [0.717, 1.165) is 0 Å². The van der Waals surface area contributed by atoms with Gasteiger partial charge in [0.1, 0.15) is 5.75 Å². The van der Waals surface area contributed by atoms with Crippen LogP contribution in [-0.4, -0.2) is 16.1 Å². The van der Waals surface area contributed by atoms with Crippen LogP contribution >= 0.6 is 0 Å². The van der Waals surface area contributed by atoms with Crippen molar-refractivity contribution in [1.29, 1.82) is 0 Å². The van der Waals surface area contributed by atoms with Crippen molar-refractivity contribution in [3.05, 3.63) is 29.8 Å². The monoisotopic (exact) mass is 181 g/mol. The molecule has 0 aliphatic heterocycles. The van der Waals surface area contributed by atoms with Crippen LogP contribution in [0.25, 0.3) is 0 Å². The molecule has 1 aromatic carbocycles. The second-order valence-electron chi connectivity index (χ2n) is 2.98. The van der Waals surface area contributed by atoms with Gasteiger partial charge in [-0.15, -0.1) is 0 Å². The zero-order valence-corrected chi connectivity index (χ0v) is 7.19. The summed E-state index contributed by atoms with van der Waals surface area (Å²) in [7, 11) is 0. The van der Waals surface area contributed by atoms with Gasteiger partial charge in [-0.1, -0.05) is 12.1 Å². The molecule has 4 nitrogen and oxygen atoms in total. The average Bonchev–Trinajstić information content (AvgIpc) is 2.04. The molecule has 0 aliphatic rings. The number of phenols is 1. The summed E-state index contributed by atoms with van der Waals surface area (Å²) in [6.07, 6.45) is 0. The van der Waals surface area contributed by atoms with Crippen LogP contribution in [0.15, 0.2) is 24.3 Å². The van der Waals surface area contributed by atoms with Gasteiger partial charge in [0, 0.05) is 0 Å². The molecular formula is C9H11NO3. The lowest BCUT2D eigenvalue weighted by molar-refractivity contribution is -0.135. The number of nitrogens with two attached hydrogens (primary N) is 1. The van der Waals surface area contributed by atoms with Crippen LogP contribution in [0.4, 0.5) is 0 Å². The molecule has 4 heteroatoms. The number of aliphatic hydroxyl groups is 1. The predicted octanol–water partition coefficient (Wildman–Crippen LogP) is 0.0850. The Bertz CT molecular complexity index is 316. The fourth-order valence-electron chi connectivity index (χ4n) is 0.928. The van der Waals surface area contributed by atoms with E-state index in [4.69, 9.17) is 10.8 Å². The Labute approximate surface area is 75.6 Å². The molecule has 0 bridgehead atoms. The van der Waals surface area contributed by atoms with E-state index in [-0.39, 0.29) is 5.75 Å². The molecule has 0 fully saturated rings. The van der Waals surface area contributed by atoms with Crippen molar-refractivity contribution in [2.75, 3.05) is 0 Å². The molecule has 0 heterocycles. The molecule has 0 aromatic heterocycles. The van der Waals surface area contributed by atoms with Crippen molar-refractivity contribution in [3.8, 4) is 5.75 Å². The zero-order valence-electron chi connectivity index (χ0n) is 7.19. The van der Waals surface area contributed by atoms with E-state index in [9.17, 15) is 9.90 Å². The third-order valence-electron chi connectivity index (χ3n) is 1.91. The van der Waals surface area contributed by atoms with E-state index in [0.29, 0.717) is 5.56 Å². The topological polar surface area (TPSA) is 83.5 Å². The second kappa shape index (κ2) is 3.06. The predicted molar refractivity (Wildman–Crippen MR) is 46.9 cm³/mol. The van der Waals surface area contributed by atoms with Crippen LogP contribution in [0.5, 0.6) is 5.75 Å². The number of carbonyl (C=O) groups is 1. The number of phenolic OH excluding ortho intramolecular Hbond substituents is 1. The lowest BCUT2D eigenvalue weighted by Gasteiger charge is -2.19. The number of carbonyl (C=O) groups excluding carboxylic acids is 1. The Morgan fingerprint density at radius 3 is 2.23 bits per heavy atom. The van der Waals surface area contributed by atoms with Crippen LogP contribution in [0, 0.1) is 0 Å². The lowest BCUT2D eigenvalue weighted by Crippen LogP contribution is -2.38. The van der Waals surface area contributed by atoms with Gasteiger partial charge in [0.15, 0.2) is 5.60 Å². The minimum atomic E-state index is -1.69. The second-order valence-corrected chi connectivity index (χ2v) is 2.98. The van der Waals surface area contributed by atoms with E-state index in [2.05, 4.69) is 0 Å². The van der Waals surface area contributed by atoms with Gasteiger partial charge in [0.2, 0.25) is 0 Å². The normalized spacial score (nSPS) is 14.9. The Morgan fingerprint density at radius 2 is 1.85 bits per heavy atom. The fraction of sp³-hybridized carbons (Fsp3) is 0.222. The highest BCUT2D eigenvalue weighted by Crippen LogP contribution is 2.21. The number of rotatable bonds is 2. The Morgan fingerprint density at radius 1 is 1.38 bits per heavy atom. The molecule has 0 saturated carbocycles. The number of amides is 1. The van der Waals surface area contributed by atoms with E-state index in [1.807, 2.05) is 0 Å². The maximum absolute atomic E-state index is 10.8. The van der Waals surface area contributed by atoms with Crippen molar-refractivity contribution in [2.45, 2.75) is 12.5 Å². The van der Waals surface area contributed by atoms with Gasteiger partial charge >= 0.3 is 0 Å². The Hall–Kier alpha value is -1.55. The first-order valence-corrected chi connectivity index (χ1v) is 3.76. The van der Waals surface area contributed by atoms with Crippen LogP contribution in [0.3, 0.4) is 0 Å². The summed E-state index contributed by atoms with van der Waals surface area (Å²) >= 11 is 0. The first-order valence-electron chi connectivity index (χ1n) is 3.76. The van der Waals surface area contributed by atoms with Crippen molar-refractivity contribution in [2.24, 2.45) is 5.73 Å². The Kier molecular flexibility index (Phi) is 2.25.